The van der Waals surface area contributed by atoms with E-state index in [1.807, 2.05) is 0 Å². The molecule has 1 aliphatic rings. The standard InChI is InChI=1S/C11H13N3O2/c15-8-1-2-9-10(5-8)14(11(16)13-9)7-3-4-12-6-7/h1-2,5,7,12,15H,3-4,6H2,(H,13,16). The van der Waals surface area contributed by atoms with E-state index in [9.17, 15) is 9.90 Å². The first-order valence-electron chi connectivity index (χ1n) is 5.39. The number of hydrogen-bond acceptors (Lipinski definition) is 3. The molecule has 5 heteroatoms. The summed E-state index contributed by atoms with van der Waals surface area (Å²) < 4.78 is 1.73. The predicted octanol–water partition coefficient (Wildman–Crippen LogP) is 0.570. The summed E-state index contributed by atoms with van der Waals surface area (Å²) >= 11 is 0. The summed E-state index contributed by atoms with van der Waals surface area (Å²) in [4.78, 5) is 14.6. The Hall–Kier alpha value is -1.75. The van der Waals surface area contributed by atoms with E-state index in [1.165, 1.54) is 0 Å². The number of imidazole rings is 1. The Kier molecular flexibility index (Phi) is 2.00. The van der Waals surface area contributed by atoms with Crippen LogP contribution in [-0.2, 0) is 0 Å². The highest BCUT2D eigenvalue weighted by molar-refractivity contribution is 5.77. The van der Waals surface area contributed by atoms with E-state index in [0.717, 1.165) is 30.5 Å². The van der Waals surface area contributed by atoms with Crippen LogP contribution >= 0.6 is 0 Å². The van der Waals surface area contributed by atoms with Crippen molar-refractivity contribution in [1.82, 2.24) is 14.9 Å². The van der Waals surface area contributed by atoms with Gasteiger partial charge in [-0.15, -0.1) is 0 Å². The average Bonchev–Trinajstić information content (AvgIpc) is 2.83. The van der Waals surface area contributed by atoms with Gasteiger partial charge >= 0.3 is 5.69 Å². The fourth-order valence-electron chi connectivity index (χ4n) is 2.33. The third-order valence-electron chi connectivity index (χ3n) is 3.10. The quantitative estimate of drug-likeness (QED) is 0.656. The number of aromatic nitrogens is 2. The van der Waals surface area contributed by atoms with Crippen molar-refractivity contribution in [1.29, 1.82) is 0 Å². The number of H-pyrrole nitrogens is 1. The van der Waals surface area contributed by atoms with E-state index in [4.69, 9.17) is 0 Å². The molecule has 2 heterocycles. The second kappa shape index (κ2) is 3.38. The number of fused-ring (bicyclic) bond motifs is 1. The zero-order valence-electron chi connectivity index (χ0n) is 8.73. The molecule has 1 fully saturated rings. The lowest BCUT2D eigenvalue weighted by Gasteiger charge is -2.10. The monoisotopic (exact) mass is 219 g/mol. The molecule has 1 atom stereocenters. The van der Waals surface area contributed by atoms with Gasteiger partial charge in [0.05, 0.1) is 17.1 Å². The highest BCUT2D eigenvalue weighted by atomic mass is 16.3. The van der Waals surface area contributed by atoms with Gasteiger partial charge < -0.3 is 15.4 Å². The normalized spacial score (nSPS) is 20.6. The molecule has 1 saturated heterocycles. The molecular weight excluding hydrogens is 206 g/mol. The van der Waals surface area contributed by atoms with Crippen molar-refractivity contribution in [3.8, 4) is 5.75 Å². The van der Waals surface area contributed by atoms with Crippen molar-refractivity contribution in [3.05, 3.63) is 28.7 Å². The van der Waals surface area contributed by atoms with E-state index in [0.29, 0.717) is 0 Å². The summed E-state index contributed by atoms with van der Waals surface area (Å²) in [7, 11) is 0. The molecule has 2 aromatic rings. The van der Waals surface area contributed by atoms with E-state index >= 15 is 0 Å². The largest absolute Gasteiger partial charge is 0.508 e. The Bertz CT molecular complexity index is 578. The predicted molar refractivity (Wildman–Crippen MR) is 60.7 cm³/mol. The van der Waals surface area contributed by atoms with Crippen molar-refractivity contribution in [2.45, 2.75) is 12.5 Å². The van der Waals surface area contributed by atoms with Gasteiger partial charge in [-0.3, -0.25) is 4.57 Å². The molecule has 0 saturated carbocycles. The minimum absolute atomic E-state index is 0.102. The molecule has 0 spiro atoms. The van der Waals surface area contributed by atoms with Crippen molar-refractivity contribution in [3.63, 3.8) is 0 Å². The lowest BCUT2D eigenvalue weighted by molar-refractivity contribution is 0.475. The molecule has 5 nitrogen and oxygen atoms in total. The molecular formula is C11H13N3O2. The highest BCUT2D eigenvalue weighted by Crippen LogP contribution is 2.22. The maximum absolute atomic E-state index is 11.8. The smallest absolute Gasteiger partial charge is 0.326 e. The van der Waals surface area contributed by atoms with Crippen LogP contribution in [0.1, 0.15) is 12.5 Å². The Morgan fingerprint density at radius 3 is 3.06 bits per heavy atom. The van der Waals surface area contributed by atoms with E-state index in [1.54, 1.807) is 22.8 Å². The van der Waals surface area contributed by atoms with Crippen LogP contribution in [0.15, 0.2) is 23.0 Å². The maximum Gasteiger partial charge on any atom is 0.326 e. The number of phenols is 1. The summed E-state index contributed by atoms with van der Waals surface area (Å²) in [5.41, 5.74) is 1.45. The highest BCUT2D eigenvalue weighted by Gasteiger charge is 2.20. The number of hydrogen-bond donors (Lipinski definition) is 3. The summed E-state index contributed by atoms with van der Waals surface area (Å²) in [5, 5.41) is 12.7. The van der Waals surface area contributed by atoms with Gasteiger partial charge in [-0.25, -0.2) is 4.79 Å². The van der Waals surface area contributed by atoms with Gasteiger partial charge in [0.2, 0.25) is 0 Å². The third kappa shape index (κ3) is 1.32. The van der Waals surface area contributed by atoms with Gasteiger partial charge in [0, 0.05) is 12.6 Å². The van der Waals surface area contributed by atoms with E-state index in [-0.39, 0.29) is 17.5 Å². The molecule has 3 rings (SSSR count). The number of nitrogens with zero attached hydrogens (tertiary/aromatic N) is 1. The molecule has 3 N–H and O–H groups in total. The number of nitrogens with one attached hydrogen (secondary N) is 2. The average molecular weight is 219 g/mol. The van der Waals surface area contributed by atoms with Crippen molar-refractivity contribution in [2.24, 2.45) is 0 Å². The maximum atomic E-state index is 11.8. The van der Waals surface area contributed by atoms with Gasteiger partial charge in [0.25, 0.3) is 0 Å². The molecule has 0 amide bonds. The van der Waals surface area contributed by atoms with Gasteiger partial charge in [0.1, 0.15) is 5.75 Å². The van der Waals surface area contributed by atoms with E-state index < -0.39 is 0 Å². The summed E-state index contributed by atoms with van der Waals surface area (Å²) in [5.74, 6) is 0.186. The fraction of sp³-hybridized carbons (Fsp3) is 0.364. The van der Waals surface area contributed by atoms with Gasteiger partial charge in [-0.05, 0) is 25.1 Å². The minimum Gasteiger partial charge on any atom is -0.508 e. The number of rotatable bonds is 1. The molecule has 16 heavy (non-hydrogen) atoms. The molecule has 1 aromatic heterocycles. The summed E-state index contributed by atoms with van der Waals surface area (Å²) in [6.45, 7) is 1.74. The van der Waals surface area contributed by atoms with E-state index in [2.05, 4.69) is 10.3 Å². The van der Waals surface area contributed by atoms with Crippen LogP contribution in [0.4, 0.5) is 0 Å². The number of aromatic amines is 1. The Morgan fingerprint density at radius 2 is 2.31 bits per heavy atom. The number of phenolic OH excluding ortho intramolecular Hbond substituents is 1. The molecule has 1 aliphatic heterocycles. The molecule has 0 bridgehead atoms. The first-order chi connectivity index (χ1) is 7.75. The van der Waals surface area contributed by atoms with Crippen LogP contribution < -0.4 is 11.0 Å². The zero-order chi connectivity index (χ0) is 11.1. The van der Waals surface area contributed by atoms with Crippen LogP contribution in [-0.4, -0.2) is 27.7 Å². The van der Waals surface area contributed by atoms with Crippen molar-refractivity contribution in [2.75, 3.05) is 13.1 Å². The third-order valence-corrected chi connectivity index (χ3v) is 3.10. The van der Waals surface area contributed by atoms with Crippen LogP contribution in [0.5, 0.6) is 5.75 Å². The van der Waals surface area contributed by atoms with Gasteiger partial charge in [-0.1, -0.05) is 0 Å². The summed E-state index contributed by atoms with van der Waals surface area (Å²) in [6, 6.07) is 5.12. The van der Waals surface area contributed by atoms with Crippen molar-refractivity contribution >= 4 is 11.0 Å². The van der Waals surface area contributed by atoms with Crippen LogP contribution in [0, 0.1) is 0 Å². The Morgan fingerprint density at radius 1 is 1.44 bits per heavy atom. The second-order valence-electron chi connectivity index (χ2n) is 4.15. The zero-order valence-corrected chi connectivity index (χ0v) is 8.73. The minimum atomic E-state index is -0.102. The number of aromatic hydroxyl groups is 1. The Balaban J connectivity index is 2.25. The first-order valence-corrected chi connectivity index (χ1v) is 5.39. The Labute approximate surface area is 91.7 Å². The molecule has 0 radical (unpaired) electrons. The lowest BCUT2D eigenvalue weighted by Crippen LogP contribution is -2.23. The van der Waals surface area contributed by atoms with Crippen LogP contribution in [0.2, 0.25) is 0 Å². The van der Waals surface area contributed by atoms with Gasteiger partial charge in [0.15, 0.2) is 0 Å². The SMILES string of the molecule is O=c1[nH]c2ccc(O)cc2n1C1CCNC1. The molecule has 1 aromatic carbocycles. The molecule has 1 unspecified atom stereocenters. The molecule has 0 aliphatic carbocycles. The van der Waals surface area contributed by atoms with Gasteiger partial charge in [-0.2, -0.15) is 0 Å². The van der Waals surface area contributed by atoms with Crippen LogP contribution in [0.25, 0.3) is 11.0 Å². The molecule has 84 valence electrons. The topological polar surface area (TPSA) is 70.0 Å². The summed E-state index contributed by atoms with van der Waals surface area (Å²) in [6.07, 6.45) is 0.947. The first kappa shape index (κ1) is 9.47. The number of benzene rings is 1. The second-order valence-corrected chi connectivity index (χ2v) is 4.15. The fourth-order valence-corrected chi connectivity index (χ4v) is 2.33. The lowest BCUT2D eigenvalue weighted by atomic mass is 10.2. The van der Waals surface area contributed by atoms with Crippen molar-refractivity contribution < 1.29 is 5.11 Å². The van der Waals surface area contributed by atoms with Crippen LogP contribution in [0.3, 0.4) is 0 Å².